The summed E-state index contributed by atoms with van der Waals surface area (Å²) in [6.07, 6.45) is 0. The van der Waals surface area contributed by atoms with E-state index in [1.54, 1.807) is 0 Å². The Labute approximate surface area is 124 Å². The minimum Gasteiger partial charge on any atom is -0.486 e. The Morgan fingerprint density at radius 1 is 1.32 bits per heavy atom. The highest BCUT2D eigenvalue weighted by Gasteiger charge is 2.22. The van der Waals surface area contributed by atoms with Crippen LogP contribution in [0.25, 0.3) is 0 Å². The lowest BCUT2D eigenvalue weighted by atomic mass is 10.1. The Morgan fingerprint density at radius 2 is 2.05 bits per heavy atom. The molecule has 0 unspecified atom stereocenters. The van der Waals surface area contributed by atoms with Crippen LogP contribution in [0.1, 0.15) is 5.56 Å². The second-order valence-corrected chi connectivity index (χ2v) is 5.24. The maximum atomic E-state index is 6.22. The molecule has 1 saturated heterocycles. The standard InChI is InChI=1S/C13H17ClN2O2.ClH/c1-16(10-6-15-7-10)8-9-4-11(14)13-12(5-9)17-2-3-18-13;/h4-5,10,15H,2-3,6-8H2,1H3;1H. The van der Waals surface area contributed by atoms with Crippen LogP contribution in [0.15, 0.2) is 12.1 Å². The number of fused-ring (bicyclic) bond motifs is 1. The molecule has 2 aliphatic rings. The highest BCUT2D eigenvalue weighted by atomic mass is 35.5. The van der Waals surface area contributed by atoms with Crippen LogP contribution in [0.3, 0.4) is 0 Å². The van der Waals surface area contributed by atoms with Crippen LogP contribution in [0, 0.1) is 0 Å². The van der Waals surface area contributed by atoms with E-state index in [0.717, 1.165) is 25.4 Å². The summed E-state index contributed by atoms with van der Waals surface area (Å²) < 4.78 is 11.1. The molecule has 1 N–H and O–H groups in total. The maximum absolute atomic E-state index is 6.22. The zero-order valence-corrected chi connectivity index (χ0v) is 12.4. The highest BCUT2D eigenvalue weighted by Crippen LogP contribution is 2.38. The highest BCUT2D eigenvalue weighted by molar-refractivity contribution is 6.32. The van der Waals surface area contributed by atoms with Gasteiger partial charge in [0.1, 0.15) is 13.2 Å². The van der Waals surface area contributed by atoms with E-state index in [4.69, 9.17) is 21.1 Å². The first-order chi connectivity index (χ1) is 8.74. The fourth-order valence-corrected chi connectivity index (χ4v) is 2.55. The molecule has 3 rings (SSSR count). The number of nitrogens with zero attached hydrogens (tertiary/aromatic N) is 1. The van der Waals surface area contributed by atoms with Gasteiger partial charge >= 0.3 is 0 Å². The second-order valence-electron chi connectivity index (χ2n) is 4.83. The number of hydrogen-bond donors (Lipinski definition) is 1. The lowest BCUT2D eigenvalue weighted by Crippen LogP contribution is -2.55. The molecular formula is C13H18Cl2N2O2. The van der Waals surface area contributed by atoms with Gasteiger partial charge in [-0.3, -0.25) is 4.90 Å². The lowest BCUT2D eigenvalue weighted by Gasteiger charge is -2.35. The van der Waals surface area contributed by atoms with Gasteiger partial charge in [-0.1, -0.05) is 11.6 Å². The molecule has 0 radical (unpaired) electrons. The van der Waals surface area contributed by atoms with Gasteiger partial charge in [-0.05, 0) is 24.7 Å². The Bertz CT molecular complexity index is 453. The lowest BCUT2D eigenvalue weighted by molar-refractivity contribution is 0.166. The summed E-state index contributed by atoms with van der Waals surface area (Å²) in [6.45, 7) is 4.17. The van der Waals surface area contributed by atoms with Gasteiger partial charge in [0.2, 0.25) is 0 Å². The average molecular weight is 305 g/mol. The van der Waals surface area contributed by atoms with Crippen molar-refractivity contribution in [1.29, 1.82) is 0 Å². The summed E-state index contributed by atoms with van der Waals surface area (Å²) in [6, 6.07) is 4.62. The molecular weight excluding hydrogens is 287 g/mol. The summed E-state index contributed by atoms with van der Waals surface area (Å²) in [4.78, 5) is 2.33. The topological polar surface area (TPSA) is 33.7 Å². The van der Waals surface area contributed by atoms with E-state index in [1.807, 2.05) is 12.1 Å². The van der Waals surface area contributed by atoms with Gasteiger partial charge in [0.05, 0.1) is 5.02 Å². The molecule has 6 heteroatoms. The van der Waals surface area contributed by atoms with Gasteiger partial charge in [-0.15, -0.1) is 12.4 Å². The first kappa shape index (κ1) is 14.7. The molecule has 0 bridgehead atoms. The van der Waals surface area contributed by atoms with Crippen LogP contribution in [-0.2, 0) is 6.54 Å². The van der Waals surface area contributed by atoms with Crippen molar-refractivity contribution in [3.05, 3.63) is 22.7 Å². The summed E-state index contributed by atoms with van der Waals surface area (Å²) in [5.41, 5.74) is 1.17. The minimum absolute atomic E-state index is 0. The smallest absolute Gasteiger partial charge is 0.179 e. The van der Waals surface area contributed by atoms with E-state index < -0.39 is 0 Å². The zero-order valence-electron chi connectivity index (χ0n) is 10.8. The normalized spacial score (nSPS) is 17.8. The van der Waals surface area contributed by atoms with E-state index in [9.17, 15) is 0 Å². The number of likely N-dealkylation sites (N-methyl/N-ethyl adjacent to an activating group) is 1. The van der Waals surface area contributed by atoms with Crippen molar-refractivity contribution >= 4 is 24.0 Å². The number of benzene rings is 1. The third kappa shape index (κ3) is 3.08. The summed E-state index contributed by atoms with van der Waals surface area (Å²) in [7, 11) is 2.14. The van der Waals surface area contributed by atoms with E-state index in [1.165, 1.54) is 5.56 Å². The van der Waals surface area contributed by atoms with E-state index in [-0.39, 0.29) is 12.4 Å². The van der Waals surface area contributed by atoms with Gasteiger partial charge in [-0.2, -0.15) is 0 Å². The zero-order chi connectivity index (χ0) is 12.5. The van der Waals surface area contributed by atoms with Crippen LogP contribution in [0.4, 0.5) is 0 Å². The second kappa shape index (κ2) is 6.18. The van der Waals surface area contributed by atoms with Crippen molar-refractivity contribution < 1.29 is 9.47 Å². The number of hydrogen-bond acceptors (Lipinski definition) is 4. The molecule has 2 aliphatic heterocycles. The SMILES string of the molecule is CN(Cc1cc(Cl)c2c(c1)OCCO2)C1CNC1.Cl. The summed E-state index contributed by atoms with van der Waals surface area (Å²) in [5, 5.41) is 3.92. The van der Waals surface area contributed by atoms with E-state index in [2.05, 4.69) is 17.3 Å². The average Bonchev–Trinajstić information content (AvgIpc) is 2.26. The molecule has 0 amide bonds. The number of ether oxygens (including phenoxy) is 2. The summed E-state index contributed by atoms with van der Waals surface area (Å²) >= 11 is 6.22. The predicted molar refractivity (Wildman–Crippen MR) is 77.8 cm³/mol. The van der Waals surface area contributed by atoms with Gasteiger partial charge < -0.3 is 14.8 Å². The number of halogens is 2. The van der Waals surface area contributed by atoms with Crippen LogP contribution in [0.5, 0.6) is 11.5 Å². The molecule has 0 aliphatic carbocycles. The monoisotopic (exact) mass is 304 g/mol. The van der Waals surface area contributed by atoms with E-state index >= 15 is 0 Å². The van der Waals surface area contributed by atoms with Crippen molar-refractivity contribution in [2.24, 2.45) is 0 Å². The molecule has 1 fully saturated rings. The summed E-state index contributed by atoms with van der Waals surface area (Å²) in [5.74, 6) is 1.45. The number of rotatable bonds is 3. The van der Waals surface area contributed by atoms with Gasteiger partial charge in [0, 0.05) is 25.7 Å². The van der Waals surface area contributed by atoms with E-state index in [0.29, 0.717) is 30.0 Å². The molecule has 0 atom stereocenters. The molecule has 0 spiro atoms. The Balaban J connectivity index is 0.00000133. The molecule has 0 saturated carbocycles. The molecule has 0 aromatic heterocycles. The van der Waals surface area contributed by atoms with Crippen LogP contribution < -0.4 is 14.8 Å². The first-order valence-corrected chi connectivity index (χ1v) is 6.61. The third-order valence-corrected chi connectivity index (χ3v) is 3.75. The molecule has 2 heterocycles. The van der Waals surface area contributed by atoms with Crippen LogP contribution in [0.2, 0.25) is 5.02 Å². The molecule has 106 valence electrons. The molecule has 19 heavy (non-hydrogen) atoms. The van der Waals surface area contributed by atoms with Crippen molar-refractivity contribution in [3.63, 3.8) is 0 Å². The molecule has 1 aromatic carbocycles. The molecule has 4 nitrogen and oxygen atoms in total. The number of nitrogens with one attached hydrogen (secondary N) is 1. The quantitative estimate of drug-likeness (QED) is 0.925. The Hall–Kier alpha value is -0.680. The van der Waals surface area contributed by atoms with Gasteiger partial charge in [0.15, 0.2) is 11.5 Å². The fourth-order valence-electron chi connectivity index (χ4n) is 2.26. The predicted octanol–water partition coefficient (Wildman–Crippen LogP) is 1.94. The van der Waals surface area contributed by atoms with Crippen molar-refractivity contribution in [3.8, 4) is 11.5 Å². The Morgan fingerprint density at radius 3 is 2.74 bits per heavy atom. The first-order valence-electron chi connectivity index (χ1n) is 6.23. The largest absolute Gasteiger partial charge is 0.486 e. The maximum Gasteiger partial charge on any atom is 0.179 e. The van der Waals surface area contributed by atoms with Gasteiger partial charge in [-0.25, -0.2) is 0 Å². The van der Waals surface area contributed by atoms with Crippen LogP contribution in [-0.4, -0.2) is 44.3 Å². The third-order valence-electron chi connectivity index (χ3n) is 3.47. The van der Waals surface area contributed by atoms with Crippen molar-refractivity contribution in [2.75, 3.05) is 33.4 Å². The Kier molecular flexibility index (Phi) is 4.79. The molecule has 1 aromatic rings. The fraction of sp³-hybridized carbons (Fsp3) is 0.538. The van der Waals surface area contributed by atoms with Crippen molar-refractivity contribution in [2.45, 2.75) is 12.6 Å². The van der Waals surface area contributed by atoms with Crippen LogP contribution >= 0.6 is 24.0 Å². The minimum atomic E-state index is 0. The van der Waals surface area contributed by atoms with Gasteiger partial charge in [0.25, 0.3) is 0 Å². The van der Waals surface area contributed by atoms with Crippen molar-refractivity contribution in [1.82, 2.24) is 10.2 Å².